The predicted molar refractivity (Wildman–Crippen MR) is 80.1 cm³/mol. The maximum absolute atomic E-state index is 11.8. The maximum Gasteiger partial charge on any atom is 0.251 e. The fourth-order valence-corrected chi connectivity index (χ4v) is 1.92. The average Bonchev–Trinajstić information content (AvgIpc) is 2.80. The van der Waals surface area contributed by atoms with E-state index in [9.17, 15) is 9.59 Å². The molecule has 0 atom stereocenters. The standard InChI is InChI=1S/C15H18N4O2/c1-10-14(11(2)19-18-10)17-13(20)8-9-16-15(21)12-6-4-3-5-7-12/h3-7H,8-9H2,1-2H3,(H,16,21)(H,17,20)(H,18,19). The predicted octanol–water partition coefficient (Wildman–Crippen LogP) is 1.79. The van der Waals surface area contributed by atoms with Crippen LogP contribution in [0.15, 0.2) is 30.3 Å². The molecule has 1 aromatic carbocycles. The number of nitrogens with zero attached hydrogens (tertiary/aromatic N) is 1. The molecular weight excluding hydrogens is 268 g/mol. The van der Waals surface area contributed by atoms with Gasteiger partial charge in [0.25, 0.3) is 5.91 Å². The molecule has 3 N–H and O–H groups in total. The van der Waals surface area contributed by atoms with Crippen LogP contribution >= 0.6 is 0 Å². The number of nitrogens with one attached hydrogen (secondary N) is 3. The van der Waals surface area contributed by atoms with Crippen LogP contribution in [0.1, 0.15) is 28.2 Å². The first-order chi connectivity index (χ1) is 10.1. The normalized spacial score (nSPS) is 10.2. The fraction of sp³-hybridized carbons (Fsp3) is 0.267. The third-order valence-corrected chi connectivity index (χ3v) is 3.07. The van der Waals surface area contributed by atoms with Gasteiger partial charge in [0.15, 0.2) is 0 Å². The van der Waals surface area contributed by atoms with Crippen molar-refractivity contribution in [2.24, 2.45) is 0 Å². The second kappa shape index (κ2) is 6.69. The van der Waals surface area contributed by atoms with Gasteiger partial charge in [-0.2, -0.15) is 5.10 Å². The minimum Gasteiger partial charge on any atom is -0.352 e. The Bertz CT molecular complexity index is 615. The molecule has 6 nitrogen and oxygen atoms in total. The first kappa shape index (κ1) is 14.8. The summed E-state index contributed by atoms with van der Waals surface area (Å²) in [5, 5.41) is 12.3. The van der Waals surface area contributed by atoms with E-state index in [0.29, 0.717) is 11.3 Å². The zero-order valence-corrected chi connectivity index (χ0v) is 12.1. The molecule has 0 spiro atoms. The van der Waals surface area contributed by atoms with Crippen molar-refractivity contribution in [2.45, 2.75) is 20.3 Å². The highest BCUT2D eigenvalue weighted by atomic mass is 16.2. The molecular formula is C15H18N4O2. The number of anilines is 1. The van der Waals surface area contributed by atoms with E-state index < -0.39 is 0 Å². The molecule has 0 bridgehead atoms. The molecule has 0 aliphatic heterocycles. The minimum atomic E-state index is -0.181. The number of benzene rings is 1. The van der Waals surface area contributed by atoms with E-state index in [4.69, 9.17) is 0 Å². The van der Waals surface area contributed by atoms with Gasteiger partial charge in [-0.05, 0) is 26.0 Å². The van der Waals surface area contributed by atoms with Gasteiger partial charge in [-0.3, -0.25) is 14.7 Å². The molecule has 110 valence electrons. The molecule has 0 saturated heterocycles. The molecule has 0 radical (unpaired) electrons. The van der Waals surface area contributed by atoms with E-state index >= 15 is 0 Å². The Morgan fingerprint density at radius 2 is 1.90 bits per heavy atom. The number of aromatic nitrogens is 2. The molecule has 0 aliphatic carbocycles. The molecule has 6 heteroatoms. The molecule has 0 fully saturated rings. The van der Waals surface area contributed by atoms with E-state index in [2.05, 4.69) is 20.8 Å². The lowest BCUT2D eigenvalue weighted by molar-refractivity contribution is -0.116. The Labute approximate surface area is 122 Å². The first-order valence-electron chi connectivity index (χ1n) is 6.72. The van der Waals surface area contributed by atoms with Crippen molar-refractivity contribution < 1.29 is 9.59 Å². The van der Waals surface area contributed by atoms with Crippen molar-refractivity contribution in [3.8, 4) is 0 Å². The largest absolute Gasteiger partial charge is 0.352 e. The second-order valence-electron chi connectivity index (χ2n) is 4.73. The number of hydrogen-bond donors (Lipinski definition) is 3. The van der Waals surface area contributed by atoms with Gasteiger partial charge in [0.2, 0.25) is 5.91 Å². The van der Waals surface area contributed by atoms with Crippen LogP contribution in [0.25, 0.3) is 0 Å². The first-order valence-corrected chi connectivity index (χ1v) is 6.72. The molecule has 1 heterocycles. The lowest BCUT2D eigenvalue weighted by atomic mass is 10.2. The van der Waals surface area contributed by atoms with Gasteiger partial charge in [-0.15, -0.1) is 0 Å². The number of carbonyl (C=O) groups is 2. The second-order valence-corrected chi connectivity index (χ2v) is 4.73. The summed E-state index contributed by atoms with van der Waals surface area (Å²) in [5.41, 5.74) is 2.84. The Hall–Kier alpha value is -2.63. The number of rotatable bonds is 5. The van der Waals surface area contributed by atoms with Gasteiger partial charge in [0.1, 0.15) is 0 Å². The number of aromatic amines is 1. The van der Waals surface area contributed by atoms with Crippen molar-refractivity contribution in [1.82, 2.24) is 15.5 Å². The number of hydrogen-bond acceptors (Lipinski definition) is 3. The van der Waals surface area contributed by atoms with Gasteiger partial charge < -0.3 is 10.6 Å². The van der Waals surface area contributed by atoms with E-state index in [1.165, 1.54) is 0 Å². The highest BCUT2D eigenvalue weighted by molar-refractivity contribution is 5.95. The van der Waals surface area contributed by atoms with Crippen LogP contribution in [0.3, 0.4) is 0 Å². The summed E-state index contributed by atoms with van der Waals surface area (Å²) in [4.78, 5) is 23.6. The van der Waals surface area contributed by atoms with Crippen molar-refractivity contribution in [1.29, 1.82) is 0 Å². The van der Waals surface area contributed by atoms with Crippen LogP contribution in [-0.2, 0) is 4.79 Å². The van der Waals surface area contributed by atoms with Gasteiger partial charge in [0.05, 0.1) is 17.1 Å². The topological polar surface area (TPSA) is 86.9 Å². The van der Waals surface area contributed by atoms with E-state index in [0.717, 1.165) is 11.4 Å². The Morgan fingerprint density at radius 3 is 2.52 bits per heavy atom. The fourth-order valence-electron chi connectivity index (χ4n) is 1.92. The molecule has 2 amide bonds. The lowest BCUT2D eigenvalue weighted by Crippen LogP contribution is -2.27. The van der Waals surface area contributed by atoms with Gasteiger partial charge >= 0.3 is 0 Å². The highest BCUT2D eigenvalue weighted by Gasteiger charge is 2.10. The Morgan fingerprint density at radius 1 is 1.19 bits per heavy atom. The quantitative estimate of drug-likeness (QED) is 0.783. The summed E-state index contributed by atoms with van der Waals surface area (Å²) in [6, 6.07) is 8.90. The average molecular weight is 286 g/mol. The summed E-state index contributed by atoms with van der Waals surface area (Å²) in [7, 11) is 0. The molecule has 0 aliphatic rings. The van der Waals surface area contributed by atoms with Crippen LogP contribution in [0.2, 0.25) is 0 Å². The number of aryl methyl sites for hydroxylation is 2. The van der Waals surface area contributed by atoms with Crippen LogP contribution in [0.4, 0.5) is 5.69 Å². The maximum atomic E-state index is 11.8. The molecule has 0 unspecified atom stereocenters. The number of carbonyl (C=O) groups excluding carboxylic acids is 2. The van der Waals surface area contributed by atoms with Gasteiger partial charge in [-0.1, -0.05) is 18.2 Å². The monoisotopic (exact) mass is 286 g/mol. The highest BCUT2D eigenvalue weighted by Crippen LogP contribution is 2.15. The Kier molecular flexibility index (Phi) is 4.71. The van der Waals surface area contributed by atoms with Crippen LogP contribution in [0.5, 0.6) is 0 Å². The van der Waals surface area contributed by atoms with Gasteiger partial charge in [0, 0.05) is 18.5 Å². The molecule has 21 heavy (non-hydrogen) atoms. The molecule has 0 saturated carbocycles. The zero-order valence-electron chi connectivity index (χ0n) is 12.1. The van der Waals surface area contributed by atoms with Crippen LogP contribution in [-0.4, -0.2) is 28.6 Å². The summed E-state index contributed by atoms with van der Waals surface area (Å²) in [6.07, 6.45) is 0.211. The van der Waals surface area contributed by atoms with Crippen molar-refractivity contribution in [3.05, 3.63) is 47.3 Å². The summed E-state index contributed by atoms with van der Waals surface area (Å²) < 4.78 is 0. The SMILES string of the molecule is Cc1n[nH]c(C)c1NC(=O)CCNC(=O)c1ccccc1. The summed E-state index contributed by atoms with van der Waals surface area (Å²) in [5.74, 6) is -0.338. The molecule has 2 aromatic rings. The zero-order chi connectivity index (χ0) is 15.2. The van der Waals surface area contributed by atoms with E-state index in [1.807, 2.05) is 19.9 Å². The van der Waals surface area contributed by atoms with Crippen molar-refractivity contribution in [2.75, 3.05) is 11.9 Å². The molecule has 1 aromatic heterocycles. The Balaban J connectivity index is 1.79. The van der Waals surface area contributed by atoms with Gasteiger partial charge in [-0.25, -0.2) is 0 Å². The third kappa shape index (κ3) is 3.92. The van der Waals surface area contributed by atoms with Crippen LogP contribution in [0, 0.1) is 13.8 Å². The number of amides is 2. The van der Waals surface area contributed by atoms with E-state index in [-0.39, 0.29) is 24.8 Å². The van der Waals surface area contributed by atoms with Crippen molar-refractivity contribution >= 4 is 17.5 Å². The lowest BCUT2D eigenvalue weighted by Gasteiger charge is -2.07. The third-order valence-electron chi connectivity index (χ3n) is 3.07. The minimum absolute atomic E-state index is 0.157. The summed E-state index contributed by atoms with van der Waals surface area (Å²) >= 11 is 0. The smallest absolute Gasteiger partial charge is 0.251 e. The summed E-state index contributed by atoms with van der Waals surface area (Å²) in [6.45, 7) is 3.94. The van der Waals surface area contributed by atoms with Crippen molar-refractivity contribution in [3.63, 3.8) is 0 Å². The molecule has 2 rings (SSSR count). The van der Waals surface area contributed by atoms with Crippen LogP contribution < -0.4 is 10.6 Å². The number of H-pyrrole nitrogens is 1. The van der Waals surface area contributed by atoms with E-state index in [1.54, 1.807) is 24.3 Å².